The topological polar surface area (TPSA) is 88.4 Å². The molecule has 3 aromatic rings. The molecular weight excluding hydrogens is 376 g/mol. The highest BCUT2D eigenvalue weighted by molar-refractivity contribution is 7.12. The minimum Gasteiger partial charge on any atom is -0.490 e. The first kappa shape index (κ1) is 19.1. The number of nitrogens with one attached hydrogen (secondary N) is 1. The van der Waals surface area contributed by atoms with E-state index in [0.29, 0.717) is 27.4 Å². The standard InChI is InChI=1S/C21H16N2O4S/c22-14-15-3-9-18(10-4-15)26-11-12-27-21(25)16-5-7-17(8-6-16)23-20(24)19-2-1-13-28-19/h1-10,13H,11-12H2,(H,23,24). The van der Waals surface area contributed by atoms with Crippen LogP contribution in [0, 0.1) is 11.3 Å². The van der Waals surface area contributed by atoms with Crippen molar-refractivity contribution in [2.75, 3.05) is 18.5 Å². The Morgan fingerprint density at radius 3 is 2.39 bits per heavy atom. The summed E-state index contributed by atoms with van der Waals surface area (Å²) in [5.41, 5.74) is 1.53. The number of amides is 1. The minimum atomic E-state index is -0.473. The number of rotatable bonds is 7. The summed E-state index contributed by atoms with van der Waals surface area (Å²) in [5, 5.41) is 13.3. The highest BCUT2D eigenvalue weighted by Gasteiger charge is 2.09. The number of esters is 1. The minimum absolute atomic E-state index is 0.0930. The number of benzene rings is 2. The zero-order valence-corrected chi connectivity index (χ0v) is 15.6. The summed E-state index contributed by atoms with van der Waals surface area (Å²) in [4.78, 5) is 24.7. The molecule has 0 saturated heterocycles. The number of anilines is 1. The molecule has 0 fully saturated rings. The predicted octanol–water partition coefficient (Wildman–Crippen LogP) is 4.11. The smallest absolute Gasteiger partial charge is 0.338 e. The summed E-state index contributed by atoms with van der Waals surface area (Å²) >= 11 is 1.36. The number of nitrogens with zero attached hydrogens (tertiary/aromatic N) is 1. The van der Waals surface area contributed by atoms with Crippen molar-refractivity contribution in [3.05, 3.63) is 82.0 Å². The van der Waals surface area contributed by atoms with Gasteiger partial charge in [-0.2, -0.15) is 5.26 Å². The van der Waals surface area contributed by atoms with Crippen LogP contribution in [0.2, 0.25) is 0 Å². The molecule has 1 heterocycles. The summed E-state index contributed by atoms with van der Waals surface area (Å²) in [6.45, 7) is 0.294. The van der Waals surface area contributed by atoms with Gasteiger partial charge in [-0.05, 0) is 60.0 Å². The molecule has 1 aromatic heterocycles. The third kappa shape index (κ3) is 5.19. The lowest BCUT2D eigenvalue weighted by Gasteiger charge is -2.08. The van der Waals surface area contributed by atoms with Crippen LogP contribution in [0.3, 0.4) is 0 Å². The fourth-order valence-electron chi connectivity index (χ4n) is 2.29. The van der Waals surface area contributed by atoms with E-state index in [4.69, 9.17) is 14.7 Å². The van der Waals surface area contributed by atoms with Gasteiger partial charge in [0.1, 0.15) is 19.0 Å². The second kappa shape index (κ2) is 9.35. The van der Waals surface area contributed by atoms with E-state index in [1.54, 1.807) is 54.6 Å². The SMILES string of the molecule is N#Cc1ccc(OCCOC(=O)c2ccc(NC(=O)c3cccs3)cc2)cc1. The van der Waals surface area contributed by atoms with Gasteiger partial charge in [-0.1, -0.05) is 6.07 Å². The summed E-state index contributed by atoms with van der Waals surface area (Å²) in [5.74, 6) is -0.0641. The van der Waals surface area contributed by atoms with Gasteiger partial charge in [-0.3, -0.25) is 4.79 Å². The Morgan fingerprint density at radius 2 is 1.75 bits per heavy atom. The Kier molecular flexibility index (Phi) is 6.39. The fourth-order valence-corrected chi connectivity index (χ4v) is 2.91. The quantitative estimate of drug-likeness (QED) is 0.483. The number of nitriles is 1. The third-order valence-electron chi connectivity index (χ3n) is 3.69. The average Bonchev–Trinajstić information content (AvgIpc) is 3.27. The van der Waals surface area contributed by atoms with E-state index in [1.807, 2.05) is 17.5 Å². The zero-order chi connectivity index (χ0) is 19.8. The summed E-state index contributed by atoms with van der Waals surface area (Å²) in [7, 11) is 0. The van der Waals surface area contributed by atoms with E-state index in [0.717, 1.165) is 0 Å². The second-order valence-corrected chi connectivity index (χ2v) is 6.58. The molecule has 0 aliphatic carbocycles. The van der Waals surface area contributed by atoms with Gasteiger partial charge < -0.3 is 14.8 Å². The number of hydrogen-bond acceptors (Lipinski definition) is 6. The van der Waals surface area contributed by atoms with E-state index in [-0.39, 0.29) is 19.1 Å². The molecule has 0 saturated carbocycles. The van der Waals surface area contributed by atoms with Crippen LogP contribution in [-0.2, 0) is 4.74 Å². The van der Waals surface area contributed by atoms with Crippen LogP contribution >= 0.6 is 11.3 Å². The molecule has 0 atom stereocenters. The first-order valence-corrected chi connectivity index (χ1v) is 9.29. The molecular formula is C21H16N2O4S. The lowest BCUT2D eigenvalue weighted by atomic mass is 10.2. The molecule has 6 nitrogen and oxygen atoms in total. The lowest BCUT2D eigenvalue weighted by molar-refractivity contribution is 0.0450. The van der Waals surface area contributed by atoms with Crippen molar-refractivity contribution >= 4 is 28.9 Å². The predicted molar refractivity (Wildman–Crippen MR) is 106 cm³/mol. The van der Waals surface area contributed by atoms with E-state index in [2.05, 4.69) is 5.32 Å². The molecule has 0 aliphatic rings. The highest BCUT2D eigenvalue weighted by atomic mass is 32.1. The van der Waals surface area contributed by atoms with Gasteiger partial charge in [0.25, 0.3) is 5.91 Å². The van der Waals surface area contributed by atoms with Gasteiger partial charge in [0.2, 0.25) is 0 Å². The van der Waals surface area contributed by atoms with Crippen molar-refractivity contribution in [1.82, 2.24) is 0 Å². The number of carbonyl (C=O) groups is 2. The van der Waals surface area contributed by atoms with E-state index < -0.39 is 5.97 Å². The Hall–Kier alpha value is -3.63. The van der Waals surface area contributed by atoms with Gasteiger partial charge in [-0.15, -0.1) is 11.3 Å². The summed E-state index contributed by atoms with van der Waals surface area (Å²) in [6, 6.07) is 18.7. The van der Waals surface area contributed by atoms with Gasteiger partial charge in [0.15, 0.2) is 0 Å². The van der Waals surface area contributed by atoms with Crippen LogP contribution < -0.4 is 10.1 Å². The number of thiophene rings is 1. The maximum Gasteiger partial charge on any atom is 0.338 e. The largest absolute Gasteiger partial charge is 0.490 e. The molecule has 7 heteroatoms. The Balaban J connectivity index is 1.44. The number of carbonyl (C=O) groups excluding carboxylic acids is 2. The van der Waals surface area contributed by atoms with Crippen LogP contribution in [0.25, 0.3) is 0 Å². The molecule has 0 bridgehead atoms. The molecule has 1 N–H and O–H groups in total. The van der Waals surface area contributed by atoms with E-state index in [9.17, 15) is 9.59 Å². The first-order valence-electron chi connectivity index (χ1n) is 8.41. The molecule has 140 valence electrons. The van der Waals surface area contributed by atoms with E-state index in [1.165, 1.54) is 11.3 Å². The molecule has 0 spiro atoms. The molecule has 1 amide bonds. The highest BCUT2D eigenvalue weighted by Crippen LogP contribution is 2.15. The van der Waals surface area contributed by atoms with Crippen molar-refractivity contribution in [3.63, 3.8) is 0 Å². The van der Waals surface area contributed by atoms with Crippen LogP contribution in [-0.4, -0.2) is 25.1 Å². The normalized spacial score (nSPS) is 9.96. The van der Waals surface area contributed by atoms with Crippen molar-refractivity contribution in [1.29, 1.82) is 5.26 Å². The first-order chi connectivity index (χ1) is 13.7. The van der Waals surface area contributed by atoms with Crippen LogP contribution in [0.4, 0.5) is 5.69 Å². The van der Waals surface area contributed by atoms with Crippen LogP contribution in [0.5, 0.6) is 5.75 Å². The van der Waals surface area contributed by atoms with Crippen LogP contribution in [0.1, 0.15) is 25.6 Å². The molecule has 28 heavy (non-hydrogen) atoms. The molecule has 0 radical (unpaired) electrons. The monoisotopic (exact) mass is 392 g/mol. The number of ether oxygens (including phenoxy) is 2. The van der Waals surface area contributed by atoms with Gasteiger partial charge in [0, 0.05) is 5.69 Å². The maximum absolute atomic E-state index is 12.1. The molecule has 2 aromatic carbocycles. The fraction of sp³-hybridized carbons (Fsp3) is 0.0952. The summed E-state index contributed by atoms with van der Waals surface area (Å²) < 4.78 is 10.6. The Morgan fingerprint density at radius 1 is 1.00 bits per heavy atom. The van der Waals surface area contributed by atoms with Gasteiger partial charge in [-0.25, -0.2) is 4.79 Å². The Labute approximate surface area is 166 Å². The van der Waals surface area contributed by atoms with Crippen LogP contribution in [0.15, 0.2) is 66.0 Å². The maximum atomic E-state index is 12.1. The van der Waals surface area contributed by atoms with Crippen molar-refractivity contribution in [2.45, 2.75) is 0 Å². The van der Waals surface area contributed by atoms with Gasteiger partial charge >= 0.3 is 5.97 Å². The molecule has 0 unspecified atom stereocenters. The van der Waals surface area contributed by atoms with Gasteiger partial charge in [0.05, 0.1) is 22.1 Å². The molecule has 0 aliphatic heterocycles. The number of hydrogen-bond donors (Lipinski definition) is 1. The van der Waals surface area contributed by atoms with Crippen molar-refractivity contribution < 1.29 is 19.1 Å². The second-order valence-electron chi connectivity index (χ2n) is 5.63. The van der Waals surface area contributed by atoms with E-state index >= 15 is 0 Å². The van der Waals surface area contributed by atoms with Crippen molar-refractivity contribution in [2.24, 2.45) is 0 Å². The summed E-state index contributed by atoms with van der Waals surface area (Å²) in [6.07, 6.45) is 0. The van der Waals surface area contributed by atoms with Crippen molar-refractivity contribution in [3.8, 4) is 11.8 Å². The Bertz CT molecular complexity index is 975. The zero-order valence-electron chi connectivity index (χ0n) is 14.8. The average molecular weight is 392 g/mol. The molecule has 3 rings (SSSR count). The lowest BCUT2D eigenvalue weighted by Crippen LogP contribution is -2.13. The third-order valence-corrected chi connectivity index (χ3v) is 4.56.